The summed E-state index contributed by atoms with van der Waals surface area (Å²) in [6.07, 6.45) is 1.86. The number of ether oxygens (including phenoxy) is 1. The van der Waals surface area contributed by atoms with Crippen molar-refractivity contribution in [2.75, 3.05) is 33.4 Å². The Morgan fingerprint density at radius 2 is 2.07 bits per heavy atom. The van der Waals surface area contributed by atoms with E-state index in [1.54, 1.807) is 0 Å². The van der Waals surface area contributed by atoms with Gasteiger partial charge in [0, 0.05) is 26.7 Å². The predicted molar refractivity (Wildman–Crippen MR) is 57.6 cm³/mol. The summed E-state index contributed by atoms with van der Waals surface area (Å²) in [6, 6.07) is -0.347. The highest BCUT2D eigenvalue weighted by Gasteiger charge is 2.27. The minimum absolute atomic E-state index is 0.237. The van der Waals surface area contributed by atoms with Gasteiger partial charge in [0.25, 0.3) is 10.2 Å². The predicted octanol–water partition coefficient (Wildman–Crippen LogP) is -1.11. The molecule has 1 saturated heterocycles. The van der Waals surface area contributed by atoms with E-state index in [4.69, 9.17) is 10.5 Å². The summed E-state index contributed by atoms with van der Waals surface area (Å²) in [5.41, 5.74) is 5.44. The number of hydrogen-bond donors (Lipinski definition) is 2. The van der Waals surface area contributed by atoms with E-state index in [1.165, 1.54) is 11.4 Å². The summed E-state index contributed by atoms with van der Waals surface area (Å²) in [7, 11) is -1.85. The zero-order valence-electron chi connectivity index (χ0n) is 8.98. The standard InChI is InChI=1S/C8H19N3O3S/c1-14-7-8(6-9)10-15(12,13)11-4-2-3-5-11/h8,10H,2-7,9H2,1H3. The Morgan fingerprint density at radius 3 is 2.53 bits per heavy atom. The molecule has 0 saturated carbocycles. The maximum absolute atomic E-state index is 11.8. The smallest absolute Gasteiger partial charge is 0.279 e. The van der Waals surface area contributed by atoms with Crippen LogP contribution in [0.2, 0.25) is 0 Å². The van der Waals surface area contributed by atoms with Gasteiger partial charge in [0.2, 0.25) is 0 Å². The van der Waals surface area contributed by atoms with Crippen molar-refractivity contribution in [2.45, 2.75) is 18.9 Å². The third-order valence-electron chi connectivity index (χ3n) is 2.37. The Labute approximate surface area is 90.9 Å². The average Bonchev–Trinajstić information content (AvgIpc) is 2.70. The van der Waals surface area contributed by atoms with Gasteiger partial charge in [0.1, 0.15) is 0 Å². The lowest BCUT2D eigenvalue weighted by molar-refractivity contribution is 0.176. The van der Waals surface area contributed by atoms with Crippen molar-refractivity contribution in [3.05, 3.63) is 0 Å². The van der Waals surface area contributed by atoms with Gasteiger partial charge >= 0.3 is 0 Å². The third kappa shape index (κ3) is 3.69. The van der Waals surface area contributed by atoms with Crippen LogP contribution in [0.5, 0.6) is 0 Å². The molecule has 1 heterocycles. The molecule has 6 nitrogen and oxygen atoms in total. The Hall–Kier alpha value is -0.210. The number of rotatable bonds is 6. The highest BCUT2D eigenvalue weighted by molar-refractivity contribution is 7.87. The largest absolute Gasteiger partial charge is 0.383 e. The van der Waals surface area contributed by atoms with E-state index in [0.717, 1.165) is 12.8 Å². The molecule has 0 aromatic carbocycles. The monoisotopic (exact) mass is 237 g/mol. The molecular weight excluding hydrogens is 218 g/mol. The minimum Gasteiger partial charge on any atom is -0.383 e. The summed E-state index contributed by atoms with van der Waals surface area (Å²) in [5.74, 6) is 0. The first-order chi connectivity index (χ1) is 7.10. The van der Waals surface area contributed by atoms with Crippen molar-refractivity contribution in [3.8, 4) is 0 Å². The zero-order valence-corrected chi connectivity index (χ0v) is 9.79. The molecule has 90 valence electrons. The van der Waals surface area contributed by atoms with Crippen LogP contribution >= 0.6 is 0 Å². The van der Waals surface area contributed by atoms with Crippen molar-refractivity contribution in [2.24, 2.45) is 5.73 Å². The van der Waals surface area contributed by atoms with Crippen LogP contribution in [0, 0.1) is 0 Å². The number of nitrogens with one attached hydrogen (secondary N) is 1. The van der Waals surface area contributed by atoms with Gasteiger partial charge in [-0.05, 0) is 12.8 Å². The van der Waals surface area contributed by atoms with Gasteiger partial charge in [-0.15, -0.1) is 0 Å². The van der Waals surface area contributed by atoms with Gasteiger partial charge < -0.3 is 10.5 Å². The van der Waals surface area contributed by atoms with Crippen LogP contribution in [0.1, 0.15) is 12.8 Å². The molecular formula is C8H19N3O3S. The molecule has 1 aliphatic rings. The summed E-state index contributed by atoms with van der Waals surface area (Å²) < 4.78 is 32.4. The molecule has 0 aliphatic carbocycles. The zero-order chi connectivity index (χ0) is 11.3. The van der Waals surface area contributed by atoms with Crippen molar-refractivity contribution in [1.29, 1.82) is 0 Å². The first-order valence-electron chi connectivity index (χ1n) is 5.06. The van der Waals surface area contributed by atoms with Crippen molar-refractivity contribution < 1.29 is 13.2 Å². The molecule has 1 atom stereocenters. The lowest BCUT2D eigenvalue weighted by Gasteiger charge is -2.21. The van der Waals surface area contributed by atoms with E-state index in [0.29, 0.717) is 19.7 Å². The van der Waals surface area contributed by atoms with Crippen LogP contribution in [-0.2, 0) is 14.9 Å². The number of nitrogens with two attached hydrogens (primary N) is 1. The normalized spacial score (nSPS) is 20.7. The van der Waals surface area contributed by atoms with Crippen molar-refractivity contribution in [3.63, 3.8) is 0 Å². The molecule has 0 amide bonds. The lowest BCUT2D eigenvalue weighted by atomic mass is 10.3. The fourth-order valence-electron chi connectivity index (χ4n) is 1.56. The van der Waals surface area contributed by atoms with Gasteiger partial charge in [-0.2, -0.15) is 17.4 Å². The molecule has 3 N–H and O–H groups in total. The van der Waals surface area contributed by atoms with Crippen molar-refractivity contribution in [1.82, 2.24) is 9.03 Å². The van der Waals surface area contributed by atoms with E-state index in [2.05, 4.69) is 4.72 Å². The fourth-order valence-corrected chi connectivity index (χ4v) is 3.04. The number of methoxy groups -OCH3 is 1. The Balaban J connectivity index is 2.53. The third-order valence-corrected chi connectivity index (χ3v) is 4.05. The fraction of sp³-hybridized carbons (Fsp3) is 1.00. The first kappa shape index (κ1) is 12.9. The molecule has 1 aliphatic heterocycles. The van der Waals surface area contributed by atoms with E-state index in [-0.39, 0.29) is 12.6 Å². The molecule has 0 radical (unpaired) electrons. The topological polar surface area (TPSA) is 84.7 Å². The molecule has 0 bridgehead atoms. The molecule has 0 aromatic rings. The van der Waals surface area contributed by atoms with Crippen LogP contribution in [0.3, 0.4) is 0 Å². The van der Waals surface area contributed by atoms with Gasteiger partial charge in [0.15, 0.2) is 0 Å². The first-order valence-corrected chi connectivity index (χ1v) is 6.50. The molecule has 0 aromatic heterocycles. The van der Waals surface area contributed by atoms with Crippen LogP contribution in [0.25, 0.3) is 0 Å². The second-order valence-electron chi connectivity index (χ2n) is 3.62. The van der Waals surface area contributed by atoms with Crippen LogP contribution in [0.4, 0.5) is 0 Å². The molecule has 0 spiro atoms. The lowest BCUT2D eigenvalue weighted by Crippen LogP contribution is -2.48. The summed E-state index contributed by atoms with van der Waals surface area (Å²) in [6.45, 7) is 1.73. The molecule has 15 heavy (non-hydrogen) atoms. The maximum Gasteiger partial charge on any atom is 0.279 e. The maximum atomic E-state index is 11.8. The summed E-state index contributed by atoms with van der Waals surface area (Å²) in [4.78, 5) is 0. The van der Waals surface area contributed by atoms with E-state index in [1.807, 2.05) is 0 Å². The van der Waals surface area contributed by atoms with Gasteiger partial charge in [0.05, 0.1) is 12.6 Å². The quantitative estimate of drug-likeness (QED) is 0.613. The molecule has 1 fully saturated rings. The van der Waals surface area contributed by atoms with E-state index < -0.39 is 10.2 Å². The van der Waals surface area contributed by atoms with Crippen molar-refractivity contribution >= 4 is 10.2 Å². The second kappa shape index (κ2) is 5.76. The SMILES string of the molecule is COCC(CN)NS(=O)(=O)N1CCCC1. The Bertz CT molecular complexity index is 275. The minimum atomic E-state index is -3.37. The van der Waals surface area contributed by atoms with Crippen LogP contribution < -0.4 is 10.5 Å². The Morgan fingerprint density at radius 1 is 1.47 bits per heavy atom. The molecule has 1 rings (SSSR count). The van der Waals surface area contributed by atoms with Gasteiger partial charge in [-0.3, -0.25) is 0 Å². The van der Waals surface area contributed by atoms with Crippen LogP contribution in [-0.4, -0.2) is 52.1 Å². The van der Waals surface area contributed by atoms with Crippen LogP contribution in [0.15, 0.2) is 0 Å². The Kier molecular flexibility index (Phi) is 4.94. The highest BCUT2D eigenvalue weighted by Crippen LogP contribution is 2.11. The van der Waals surface area contributed by atoms with Gasteiger partial charge in [-0.1, -0.05) is 0 Å². The van der Waals surface area contributed by atoms with E-state index >= 15 is 0 Å². The van der Waals surface area contributed by atoms with Gasteiger partial charge in [-0.25, -0.2) is 0 Å². The summed E-state index contributed by atoms with van der Waals surface area (Å²) in [5, 5.41) is 0. The number of nitrogens with zero attached hydrogens (tertiary/aromatic N) is 1. The average molecular weight is 237 g/mol. The van der Waals surface area contributed by atoms with E-state index in [9.17, 15) is 8.42 Å². The highest BCUT2D eigenvalue weighted by atomic mass is 32.2. The number of hydrogen-bond acceptors (Lipinski definition) is 4. The summed E-state index contributed by atoms with van der Waals surface area (Å²) >= 11 is 0. The molecule has 1 unspecified atom stereocenters. The second-order valence-corrected chi connectivity index (χ2v) is 5.32. The molecule has 7 heteroatoms.